The van der Waals surface area contributed by atoms with Crippen LogP contribution in [0.25, 0.3) is 0 Å². The molecule has 1 aliphatic carbocycles. The van der Waals surface area contributed by atoms with E-state index in [1.807, 2.05) is 13.2 Å². The third-order valence-electron chi connectivity index (χ3n) is 3.76. The van der Waals surface area contributed by atoms with Crippen molar-refractivity contribution in [2.24, 2.45) is 0 Å². The van der Waals surface area contributed by atoms with Crippen LogP contribution < -0.4 is 10.1 Å². The van der Waals surface area contributed by atoms with Gasteiger partial charge in [0.1, 0.15) is 5.75 Å². The van der Waals surface area contributed by atoms with Crippen molar-refractivity contribution < 1.29 is 9.47 Å². The maximum Gasteiger partial charge on any atom is 0.120 e. The molecule has 0 radical (unpaired) electrons. The Morgan fingerprint density at radius 2 is 2.06 bits per heavy atom. The van der Waals surface area contributed by atoms with E-state index in [0.717, 1.165) is 12.2 Å². The average molecular weight is 249 g/mol. The largest absolute Gasteiger partial charge is 0.497 e. The van der Waals surface area contributed by atoms with Crippen LogP contribution in [0.1, 0.15) is 31.2 Å². The van der Waals surface area contributed by atoms with E-state index in [2.05, 4.69) is 24.4 Å². The molecule has 3 heteroatoms. The van der Waals surface area contributed by atoms with Crippen LogP contribution in [-0.2, 0) is 4.74 Å². The SMILES string of the molecule is COc1ccc(C)c(NC2CCCC(OC)C2)c1. The fraction of sp³-hybridized carbons (Fsp3) is 0.600. The molecule has 0 aromatic heterocycles. The number of benzene rings is 1. The highest BCUT2D eigenvalue weighted by Gasteiger charge is 2.21. The van der Waals surface area contributed by atoms with E-state index in [1.54, 1.807) is 7.11 Å². The summed E-state index contributed by atoms with van der Waals surface area (Å²) < 4.78 is 10.7. The van der Waals surface area contributed by atoms with Gasteiger partial charge in [0.15, 0.2) is 0 Å². The molecule has 2 rings (SSSR count). The molecule has 2 atom stereocenters. The zero-order chi connectivity index (χ0) is 13.0. The highest BCUT2D eigenvalue weighted by atomic mass is 16.5. The second-order valence-corrected chi connectivity index (χ2v) is 5.05. The van der Waals surface area contributed by atoms with Crippen LogP contribution in [-0.4, -0.2) is 26.4 Å². The number of hydrogen-bond acceptors (Lipinski definition) is 3. The number of nitrogens with one attached hydrogen (secondary N) is 1. The Hall–Kier alpha value is -1.22. The predicted molar refractivity (Wildman–Crippen MR) is 74.4 cm³/mol. The normalized spacial score (nSPS) is 23.7. The van der Waals surface area contributed by atoms with E-state index in [4.69, 9.17) is 9.47 Å². The monoisotopic (exact) mass is 249 g/mol. The van der Waals surface area contributed by atoms with Gasteiger partial charge in [-0.15, -0.1) is 0 Å². The Kier molecular flexibility index (Phi) is 4.48. The fourth-order valence-corrected chi connectivity index (χ4v) is 2.59. The lowest BCUT2D eigenvalue weighted by atomic mass is 9.92. The molecule has 0 amide bonds. The molecular weight excluding hydrogens is 226 g/mol. The van der Waals surface area contributed by atoms with E-state index < -0.39 is 0 Å². The molecule has 1 fully saturated rings. The van der Waals surface area contributed by atoms with Crippen LogP contribution in [0.15, 0.2) is 18.2 Å². The Bertz CT molecular complexity index is 392. The molecule has 0 aliphatic heterocycles. The van der Waals surface area contributed by atoms with E-state index >= 15 is 0 Å². The number of methoxy groups -OCH3 is 2. The number of hydrogen-bond donors (Lipinski definition) is 1. The lowest BCUT2D eigenvalue weighted by molar-refractivity contribution is 0.0669. The van der Waals surface area contributed by atoms with E-state index in [0.29, 0.717) is 12.1 Å². The standard InChI is InChI=1S/C15H23NO2/c1-11-7-8-14(18-3)10-15(11)16-12-5-4-6-13(9-12)17-2/h7-8,10,12-13,16H,4-6,9H2,1-3H3. The van der Waals surface area contributed by atoms with Crippen LogP contribution in [0, 0.1) is 6.92 Å². The molecule has 1 aromatic carbocycles. The molecule has 0 saturated heterocycles. The molecule has 2 unspecified atom stereocenters. The van der Waals surface area contributed by atoms with Gasteiger partial charge in [-0.3, -0.25) is 0 Å². The average Bonchev–Trinajstić information content (AvgIpc) is 2.41. The minimum atomic E-state index is 0.405. The van der Waals surface area contributed by atoms with Gasteiger partial charge in [-0.2, -0.15) is 0 Å². The summed E-state index contributed by atoms with van der Waals surface area (Å²) in [6.45, 7) is 2.12. The van der Waals surface area contributed by atoms with Crippen LogP contribution in [0.2, 0.25) is 0 Å². The maximum atomic E-state index is 5.47. The zero-order valence-electron chi connectivity index (χ0n) is 11.5. The van der Waals surface area contributed by atoms with Crippen molar-refractivity contribution in [2.75, 3.05) is 19.5 Å². The topological polar surface area (TPSA) is 30.5 Å². The molecule has 0 bridgehead atoms. The first-order valence-electron chi connectivity index (χ1n) is 6.67. The van der Waals surface area contributed by atoms with Gasteiger partial charge < -0.3 is 14.8 Å². The summed E-state index contributed by atoms with van der Waals surface area (Å²) in [5.41, 5.74) is 2.44. The van der Waals surface area contributed by atoms with Crippen molar-refractivity contribution in [3.8, 4) is 5.75 Å². The van der Waals surface area contributed by atoms with Gasteiger partial charge in [0.25, 0.3) is 0 Å². The molecule has 3 nitrogen and oxygen atoms in total. The smallest absolute Gasteiger partial charge is 0.120 e. The van der Waals surface area contributed by atoms with Gasteiger partial charge in [-0.1, -0.05) is 6.07 Å². The summed E-state index contributed by atoms with van der Waals surface area (Å²) in [6, 6.07) is 6.68. The van der Waals surface area contributed by atoms with E-state index in [1.165, 1.54) is 30.5 Å². The van der Waals surface area contributed by atoms with E-state index in [-0.39, 0.29) is 0 Å². The Labute approximate surface area is 109 Å². The summed E-state index contributed by atoms with van der Waals surface area (Å²) >= 11 is 0. The summed E-state index contributed by atoms with van der Waals surface area (Å²) in [4.78, 5) is 0. The van der Waals surface area contributed by atoms with Crippen molar-refractivity contribution in [3.05, 3.63) is 23.8 Å². The van der Waals surface area contributed by atoms with Gasteiger partial charge >= 0.3 is 0 Å². The summed E-state index contributed by atoms with van der Waals surface area (Å²) in [7, 11) is 3.51. The third-order valence-corrected chi connectivity index (χ3v) is 3.76. The molecule has 1 N–H and O–H groups in total. The first-order valence-corrected chi connectivity index (χ1v) is 6.67. The van der Waals surface area contributed by atoms with Crippen LogP contribution in [0.5, 0.6) is 5.75 Å². The van der Waals surface area contributed by atoms with Crippen molar-refractivity contribution in [2.45, 2.75) is 44.8 Å². The molecule has 0 heterocycles. The fourth-order valence-electron chi connectivity index (χ4n) is 2.59. The van der Waals surface area contributed by atoms with Crippen molar-refractivity contribution in [3.63, 3.8) is 0 Å². The number of rotatable bonds is 4. The van der Waals surface area contributed by atoms with Crippen LogP contribution in [0.3, 0.4) is 0 Å². The number of aryl methyl sites for hydroxylation is 1. The third kappa shape index (κ3) is 3.16. The molecule has 0 spiro atoms. The lowest BCUT2D eigenvalue weighted by Gasteiger charge is -2.30. The molecule has 1 aliphatic rings. The second-order valence-electron chi connectivity index (χ2n) is 5.05. The van der Waals surface area contributed by atoms with E-state index in [9.17, 15) is 0 Å². The Morgan fingerprint density at radius 1 is 1.22 bits per heavy atom. The number of anilines is 1. The first-order chi connectivity index (χ1) is 8.72. The Balaban J connectivity index is 2.04. The highest BCUT2D eigenvalue weighted by Crippen LogP contribution is 2.27. The molecule has 100 valence electrons. The van der Waals surface area contributed by atoms with Crippen molar-refractivity contribution in [1.29, 1.82) is 0 Å². The Morgan fingerprint density at radius 3 is 2.78 bits per heavy atom. The van der Waals surface area contributed by atoms with Crippen LogP contribution >= 0.6 is 0 Å². The van der Waals surface area contributed by atoms with Crippen molar-refractivity contribution in [1.82, 2.24) is 0 Å². The maximum absolute atomic E-state index is 5.47. The number of ether oxygens (including phenoxy) is 2. The lowest BCUT2D eigenvalue weighted by Crippen LogP contribution is -2.31. The highest BCUT2D eigenvalue weighted by molar-refractivity contribution is 5.55. The molecule has 1 aromatic rings. The molecule has 18 heavy (non-hydrogen) atoms. The minimum Gasteiger partial charge on any atom is -0.497 e. The molecular formula is C15H23NO2. The summed E-state index contributed by atoms with van der Waals surface area (Å²) in [5.74, 6) is 0.905. The van der Waals surface area contributed by atoms with Gasteiger partial charge in [0.2, 0.25) is 0 Å². The van der Waals surface area contributed by atoms with Gasteiger partial charge in [-0.25, -0.2) is 0 Å². The van der Waals surface area contributed by atoms with Gasteiger partial charge in [0.05, 0.1) is 13.2 Å². The zero-order valence-corrected chi connectivity index (χ0v) is 11.5. The molecule has 1 saturated carbocycles. The summed E-state index contributed by atoms with van der Waals surface area (Å²) in [5, 5.41) is 3.63. The van der Waals surface area contributed by atoms with Crippen molar-refractivity contribution >= 4 is 5.69 Å². The van der Waals surface area contributed by atoms with Gasteiger partial charge in [-0.05, 0) is 44.2 Å². The van der Waals surface area contributed by atoms with Crippen LogP contribution in [0.4, 0.5) is 5.69 Å². The quantitative estimate of drug-likeness (QED) is 0.887. The second kappa shape index (κ2) is 6.10. The van der Waals surface area contributed by atoms with Gasteiger partial charge in [0, 0.05) is 24.9 Å². The predicted octanol–water partition coefficient (Wildman–Crippen LogP) is 3.37. The minimum absolute atomic E-state index is 0.405. The summed E-state index contributed by atoms with van der Waals surface area (Å²) in [6.07, 6.45) is 5.14. The first kappa shape index (κ1) is 13.2.